The number of benzene rings is 2. The molecule has 0 aliphatic rings. The zero-order chi connectivity index (χ0) is 24.9. The van der Waals surface area contributed by atoms with E-state index in [0.717, 1.165) is 16.8 Å². The Labute approximate surface area is 207 Å². The summed E-state index contributed by atoms with van der Waals surface area (Å²) in [7, 11) is 0. The van der Waals surface area contributed by atoms with Gasteiger partial charge in [0.05, 0.1) is 5.02 Å². The average Bonchev–Trinajstić information content (AvgIpc) is 2.84. The van der Waals surface area contributed by atoms with Crippen LogP contribution in [-0.2, 0) is 6.54 Å². The maximum atomic E-state index is 12.7. The number of pyridine rings is 2. The number of amides is 1. The van der Waals surface area contributed by atoms with Crippen LogP contribution >= 0.6 is 11.6 Å². The maximum absolute atomic E-state index is 12.7. The first-order valence-corrected chi connectivity index (χ1v) is 11.1. The molecular weight excluding hydrogens is 464 g/mol. The van der Waals surface area contributed by atoms with Crippen molar-refractivity contribution in [1.82, 2.24) is 15.3 Å². The number of rotatable bonds is 6. The molecule has 0 atom stereocenters. The summed E-state index contributed by atoms with van der Waals surface area (Å²) in [5, 5.41) is 12.7. The zero-order valence-corrected chi connectivity index (χ0v) is 19.8. The molecule has 2 aromatic heterocycles. The molecule has 1 amide bonds. The predicted molar refractivity (Wildman–Crippen MR) is 134 cm³/mol. The van der Waals surface area contributed by atoms with Gasteiger partial charge in [-0.15, -0.1) is 0 Å². The first kappa shape index (κ1) is 23.7. The molecule has 0 bridgehead atoms. The molecule has 0 saturated carbocycles. The number of aromatic amines is 1. The van der Waals surface area contributed by atoms with E-state index in [9.17, 15) is 14.9 Å². The minimum absolute atomic E-state index is 0.0868. The van der Waals surface area contributed by atoms with Crippen LogP contribution in [0.3, 0.4) is 0 Å². The number of nitriles is 1. The van der Waals surface area contributed by atoms with Crippen LogP contribution in [0.4, 0.5) is 0 Å². The summed E-state index contributed by atoms with van der Waals surface area (Å²) in [4.78, 5) is 31.6. The third kappa shape index (κ3) is 5.24. The van der Waals surface area contributed by atoms with Gasteiger partial charge in [0.15, 0.2) is 0 Å². The van der Waals surface area contributed by atoms with Crippen molar-refractivity contribution in [2.45, 2.75) is 20.4 Å². The Hall–Kier alpha value is -4.41. The summed E-state index contributed by atoms with van der Waals surface area (Å²) in [5.41, 5.74) is 4.04. The molecule has 2 aromatic carbocycles. The SMILES string of the molecule is Cc1cc(C)c(CNC(=O)c2ccc(Oc3cccc(-c4ccncc4)c3C#N)c(Cl)c2)c(=O)[nH]1. The molecule has 4 aromatic rings. The fourth-order valence-electron chi connectivity index (χ4n) is 3.72. The number of nitrogens with zero attached hydrogens (tertiary/aromatic N) is 2. The van der Waals surface area contributed by atoms with Crippen LogP contribution in [0.25, 0.3) is 11.1 Å². The highest BCUT2D eigenvalue weighted by atomic mass is 35.5. The van der Waals surface area contributed by atoms with Crippen molar-refractivity contribution in [3.05, 3.63) is 110 Å². The van der Waals surface area contributed by atoms with Crippen molar-refractivity contribution >= 4 is 17.5 Å². The number of ether oxygens (including phenoxy) is 1. The second-order valence-corrected chi connectivity index (χ2v) is 8.31. The molecule has 2 heterocycles. The van der Waals surface area contributed by atoms with Crippen molar-refractivity contribution in [2.75, 3.05) is 0 Å². The fraction of sp³-hybridized carbons (Fsp3) is 0.111. The van der Waals surface area contributed by atoms with E-state index in [4.69, 9.17) is 16.3 Å². The lowest BCUT2D eigenvalue weighted by Crippen LogP contribution is -2.27. The number of H-pyrrole nitrogens is 1. The number of nitrogens with one attached hydrogen (secondary N) is 2. The highest BCUT2D eigenvalue weighted by molar-refractivity contribution is 6.32. The molecule has 8 heteroatoms. The largest absolute Gasteiger partial charge is 0.454 e. The standard InChI is InChI=1S/C27H21ClN4O3/c1-16-12-17(2)32-27(34)22(16)15-31-26(33)19-6-7-25(23(28)13-19)35-24-5-3-4-20(21(24)14-29)18-8-10-30-11-9-18/h3-13H,15H2,1-2H3,(H,31,33)(H,32,34). The maximum Gasteiger partial charge on any atom is 0.253 e. The van der Waals surface area contributed by atoms with Gasteiger partial charge in [0.1, 0.15) is 23.1 Å². The molecule has 0 radical (unpaired) electrons. The minimum Gasteiger partial charge on any atom is -0.454 e. The fourth-order valence-corrected chi connectivity index (χ4v) is 3.94. The molecule has 4 rings (SSSR count). The summed E-state index contributed by atoms with van der Waals surface area (Å²) in [6.45, 7) is 3.72. The Bertz CT molecular complexity index is 1510. The third-order valence-corrected chi connectivity index (χ3v) is 5.76. The predicted octanol–water partition coefficient (Wildman–Crippen LogP) is 5.30. The van der Waals surface area contributed by atoms with E-state index < -0.39 is 0 Å². The Morgan fingerprint density at radius 3 is 2.57 bits per heavy atom. The number of hydrogen-bond donors (Lipinski definition) is 2. The lowest BCUT2D eigenvalue weighted by molar-refractivity contribution is 0.0950. The molecule has 7 nitrogen and oxygen atoms in total. The highest BCUT2D eigenvalue weighted by Crippen LogP contribution is 2.35. The van der Waals surface area contributed by atoms with Gasteiger partial charge in [-0.25, -0.2) is 0 Å². The van der Waals surface area contributed by atoms with Crippen molar-refractivity contribution in [3.8, 4) is 28.7 Å². The van der Waals surface area contributed by atoms with E-state index in [1.165, 1.54) is 6.07 Å². The molecule has 0 unspecified atom stereocenters. The second kappa shape index (κ2) is 10.2. The molecule has 0 aliphatic carbocycles. The molecule has 0 aliphatic heterocycles. The monoisotopic (exact) mass is 484 g/mol. The van der Waals surface area contributed by atoms with Gasteiger partial charge < -0.3 is 15.0 Å². The van der Waals surface area contributed by atoms with E-state index in [0.29, 0.717) is 33.8 Å². The number of aromatic nitrogens is 2. The summed E-state index contributed by atoms with van der Waals surface area (Å²) >= 11 is 6.41. The third-order valence-electron chi connectivity index (χ3n) is 5.46. The molecule has 0 saturated heterocycles. The smallest absolute Gasteiger partial charge is 0.253 e. The summed E-state index contributed by atoms with van der Waals surface area (Å²) < 4.78 is 5.95. The molecule has 174 valence electrons. The lowest BCUT2D eigenvalue weighted by atomic mass is 10.0. The van der Waals surface area contributed by atoms with Crippen LogP contribution in [0.1, 0.15) is 32.7 Å². The Balaban J connectivity index is 1.53. The average molecular weight is 485 g/mol. The minimum atomic E-state index is -0.379. The molecule has 0 fully saturated rings. The first-order valence-electron chi connectivity index (χ1n) is 10.8. The molecule has 35 heavy (non-hydrogen) atoms. The van der Waals surface area contributed by atoms with Gasteiger partial charge in [-0.3, -0.25) is 14.6 Å². The summed E-state index contributed by atoms with van der Waals surface area (Å²) in [6.07, 6.45) is 3.31. The van der Waals surface area contributed by atoms with E-state index >= 15 is 0 Å². The second-order valence-electron chi connectivity index (χ2n) is 7.90. The van der Waals surface area contributed by atoms with Gasteiger partial charge in [0.2, 0.25) is 0 Å². The van der Waals surface area contributed by atoms with Gasteiger partial charge in [-0.05, 0) is 67.4 Å². The van der Waals surface area contributed by atoms with Gasteiger partial charge >= 0.3 is 0 Å². The number of carbonyl (C=O) groups excluding carboxylic acids is 1. The number of halogens is 1. The van der Waals surface area contributed by atoms with E-state index in [-0.39, 0.29) is 23.0 Å². The number of hydrogen-bond acceptors (Lipinski definition) is 5. The van der Waals surface area contributed by atoms with Crippen molar-refractivity contribution in [3.63, 3.8) is 0 Å². The Morgan fingerprint density at radius 2 is 1.89 bits per heavy atom. The summed E-state index contributed by atoms with van der Waals surface area (Å²) in [6, 6.07) is 17.6. The molecular formula is C27H21ClN4O3. The topological polar surface area (TPSA) is 108 Å². The van der Waals surface area contributed by atoms with Gasteiger partial charge in [0.25, 0.3) is 11.5 Å². The molecule has 2 N–H and O–H groups in total. The molecule has 0 spiro atoms. The Kier molecular flexibility index (Phi) is 6.95. The lowest BCUT2D eigenvalue weighted by Gasteiger charge is -2.13. The van der Waals surface area contributed by atoms with Gasteiger partial charge in [-0.1, -0.05) is 23.7 Å². The van der Waals surface area contributed by atoms with Gasteiger partial charge in [-0.2, -0.15) is 5.26 Å². The Morgan fingerprint density at radius 1 is 1.11 bits per heavy atom. The first-order chi connectivity index (χ1) is 16.9. The van der Waals surface area contributed by atoms with Crippen molar-refractivity contribution in [2.24, 2.45) is 0 Å². The van der Waals surface area contributed by atoms with E-state index in [1.807, 2.05) is 31.2 Å². The number of aryl methyl sites for hydroxylation is 2. The van der Waals surface area contributed by atoms with Crippen LogP contribution in [-0.4, -0.2) is 15.9 Å². The number of carbonyl (C=O) groups is 1. The summed E-state index contributed by atoms with van der Waals surface area (Å²) in [5.74, 6) is 0.266. The normalized spacial score (nSPS) is 10.5. The highest BCUT2D eigenvalue weighted by Gasteiger charge is 2.15. The van der Waals surface area contributed by atoms with Crippen LogP contribution in [0, 0.1) is 25.2 Å². The van der Waals surface area contributed by atoms with Gasteiger partial charge in [0, 0.05) is 41.3 Å². The van der Waals surface area contributed by atoms with Crippen LogP contribution in [0.5, 0.6) is 11.5 Å². The van der Waals surface area contributed by atoms with E-state index in [2.05, 4.69) is 21.4 Å². The van der Waals surface area contributed by atoms with Crippen LogP contribution in [0.2, 0.25) is 5.02 Å². The van der Waals surface area contributed by atoms with E-state index in [1.54, 1.807) is 43.6 Å². The quantitative estimate of drug-likeness (QED) is 0.386. The van der Waals surface area contributed by atoms with Crippen molar-refractivity contribution in [1.29, 1.82) is 5.26 Å². The zero-order valence-electron chi connectivity index (χ0n) is 19.1. The van der Waals surface area contributed by atoms with Crippen LogP contribution < -0.4 is 15.6 Å². The van der Waals surface area contributed by atoms with Crippen LogP contribution in [0.15, 0.2) is 71.8 Å². The van der Waals surface area contributed by atoms with Crippen molar-refractivity contribution < 1.29 is 9.53 Å².